The zero-order chi connectivity index (χ0) is 24.3. The number of rotatable bonds is 10. The Labute approximate surface area is 192 Å². The van der Waals surface area contributed by atoms with Crippen molar-refractivity contribution in [2.24, 2.45) is 0 Å². The normalized spacial score (nSPS) is 11.9. The van der Waals surface area contributed by atoms with Crippen LogP contribution in [0.25, 0.3) is 21.9 Å². The van der Waals surface area contributed by atoms with Gasteiger partial charge in [0, 0.05) is 29.2 Å². The summed E-state index contributed by atoms with van der Waals surface area (Å²) >= 11 is 0. The quantitative estimate of drug-likeness (QED) is 0.296. The number of aliphatic carboxylic acids is 1. The minimum absolute atomic E-state index is 0.0613. The van der Waals surface area contributed by atoms with Crippen molar-refractivity contribution in [3.63, 3.8) is 0 Å². The Hall–Kier alpha value is -3.69. The number of nitrogens with zero attached hydrogens (tertiary/aromatic N) is 2. The van der Waals surface area contributed by atoms with E-state index in [0.717, 1.165) is 10.9 Å². The Morgan fingerprint density at radius 1 is 1.18 bits per heavy atom. The topological polar surface area (TPSA) is 86.7 Å². The molecule has 2 aromatic carbocycles. The molecule has 0 aliphatic carbocycles. The maximum absolute atomic E-state index is 13.2. The van der Waals surface area contributed by atoms with Crippen molar-refractivity contribution < 1.29 is 37.1 Å². The summed E-state index contributed by atoms with van der Waals surface area (Å²) in [5, 5.41) is 12.8. The van der Waals surface area contributed by atoms with E-state index in [4.69, 9.17) is 19.1 Å². The summed E-state index contributed by atoms with van der Waals surface area (Å²) in [6.45, 7) is 2.55. The van der Waals surface area contributed by atoms with Crippen molar-refractivity contribution >= 4 is 27.8 Å². The Morgan fingerprint density at radius 2 is 2.00 bits per heavy atom. The van der Waals surface area contributed by atoms with Crippen molar-refractivity contribution in [2.75, 3.05) is 13.2 Å². The van der Waals surface area contributed by atoms with Crippen LogP contribution in [0, 0.1) is 0 Å². The third-order valence-corrected chi connectivity index (χ3v) is 5.38. The van der Waals surface area contributed by atoms with Crippen molar-refractivity contribution in [1.82, 2.24) is 9.72 Å². The summed E-state index contributed by atoms with van der Waals surface area (Å²) in [4.78, 5) is 10.7. The third kappa shape index (κ3) is 4.95. The second kappa shape index (κ2) is 9.66. The lowest BCUT2D eigenvalue weighted by Gasteiger charge is -2.12. The third-order valence-electron chi connectivity index (χ3n) is 5.38. The Kier molecular flexibility index (Phi) is 6.67. The predicted octanol–water partition coefficient (Wildman–Crippen LogP) is 5.69. The molecule has 1 N–H and O–H groups in total. The maximum atomic E-state index is 13.2. The number of benzene rings is 2. The number of hydrogen-bond donors (Lipinski definition) is 1. The van der Waals surface area contributed by atoms with Crippen LogP contribution < -0.4 is 9.47 Å². The van der Waals surface area contributed by atoms with Crippen LogP contribution in [0.3, 0.4) is 0 Å². The standard InChI is InChI=1S/C24H23F3N2O5/c1-2-4-17-20(8-6-18-22(17)34-28-23(18)24(25,26)27)32-12-3-10-29-11-9-15-13-16(5-7-19(15)29)33-14-21(30)31/h5-9,11,13H,2-4,10,12,14H2,1H3,(H,30,31). The van der Waals surface area contributed by atoms with E-state index >= 15 is 0 Å². The first kappa shape index (κ1) is 23.5. The van der Waals surface area contributed by atoms with E-state index in [1.165, 1.54) is 6.07 Å². The van der Waals surface area contributed by atoms with Gasteiger partial charge in [-0.15, -0.1) is 0 Å². The summed E-state index contributed by atoms with van der Waals surface area (Å²) in [6, 6.07) is 10.2. The molecule has 0 unspecified atom stereocenters. The first-order valence-corrected chi connectivity index (χ1v) is 10.8. The molecule has 7 nitrogen and oxygen atoms in total. The molecule has 0 saturated carbocycles. The average molecular weight is 476 g/mol. The van der Waals surface area contributed by atoms with Gasteiger partial charge < -0.3 is 23.7 Å². The van der Waals surface area contributed by atoms with Gasteiger partial charge in [-0.05, 0) is 49.2 Å². The molecule has 0 atom stereocenters. The first-order valence-electron chi connectivity index (χ1n) is 10.8. The highest BCUT2D eigenvalue weighted by Crippen LogP contribution is 2.38. The van der Waals surface area contributed by atoms with Crippen molar-refractivity contribution in [2.45, 2.75) is 38.9 Å². The Balaban J connectivity index is 1.42. The zero-order valence-corrected chi connectivity index (χ0v) is 18.4. The molecule has 0 aliphatic heterocycles. The highest BCUT2D eigenvalue weighted by molar-refractivity contribution is 5.85. The van der Waals surface area contributed by atoms with Gasteiger partial charge >= 0.3 is 12.1 Å². The van der Waals surface area contributed by atoms with Gasteiger partial charge in [-0.3, -0.25) is 0 Å². The highest BCUT2D eigenvalue weighted by atomic mass is 19.4. The van der Waals surface area contributed by atoms with Gasteiger partial charge in [0.25, 0.3) is 0 Å². The van der Waals surface area contributed by atoms with Gasteiger partial charge in [-0.1, -0.05) is 18.5 Å². The fourth-order valence-electron chi connectivity index (χ4n) is 3.89. The van der Waals surface area contributed by atoms with Gasteiger partial charge in [0.2, 0.25) is 0 Å². The van der Waals surface area contributed by atoms with E-state index in [9.17, 15) is 18.0 Å². The van der Waals surface area contributed by atoms with E-state index in [1.807, 2.05) is 29.8 Å². The number of carboxylic acids is 1. The number of ether oxygens (including phenoxy) is 2. The average Bonchev–Trinajstić information content (AvgIpc) is 3.40. The minimum atomic E-state index is -4.58. The van der Waals surface area contributed by atoms with Crippen LogP contribution in [0.1, 0.15) is 31.0 Å². The molecular formula is C24H23F3N2O5. The van der Waals surface area contributed by atoms with Crippen LogP contribution in [0.15, 0.2) is 47.1 Å². The second-order valence-electron chi connectivity index (χ2n) is 7.81. The van der Waals surface area contributed by atoms with Crippen LogP contribution >= 0.6 is 0 Å². The summed E-state index contributed by atoms with van der Waals surface area (Å²) < 4.78 is 57.7. The van der Waals surface area contributed by atoms with Crippen molar-refractivity contribution in [1.29, 1.82) is 0 Å². The molecule has 0 bridgehead atoms. The molecule has 0 saturated heterocycles. The van der Waals surface area contributed by atoms with E-state index in [0.29, 0.717) is 49.5 Å². The molecule has 10 heteroatoms. The number of halogens is 3. The number of carboxylic acid groups (broad SMARTS) is 1. The van der Waals surface area contributed by atoms with Gasteiger partial charge in [-0.25, -0.2) is 4.79 Å². The number of hydrogen-bond acceptors (Lipinski definition) is 5. The van der Waals surface area contributed by atoms with Crippen molar-refractivity contribution in [3.05, 3.63) is 53.9 Å². The monoisotopic (exact) mass is 476 g/mol. The van der Waals surface area contributed by atoms with Crippen LogP contribution in [0.2, 0.25) is 0 Å². The molecule has 180 valence electrons. The fraction of sp³-hybridized carbons (Fsp3) is 0.333. The van der Waals surface area contributed by atoms with E-state index in [1.54, 1.807) is 18.2 Å². The summed E-state index contributed by atoms with van der Waals surface area (Å²) in [6.07, 6.45) is -0.777. The SMILES string of the molecule is CCCc1c(OCCCn2ccc3cc(OCC(=O)O)ccc32)ccc2c(C(F)(F)F)noc12. The zero-order valence-electron chi connectivity index (χ0n) is 18.4. The highest BCUT2D eigenvalue weighted by Gasteiger charge is 2.37. The fourth-order valence-corrected chi connectivity index (χ4v) is 3.89. The van der Waals surface area contributed by atoms with Gasteiger partial charge in [0.05, 0.1) is 12.0 Å². The number of aromatic nitrogens is 2. The molecule has 34 heavy (non-hydrogen) atoms. The number of carbonyl (C=O) groups is 1. The number of fused-ring (bicyclic) bond motifs is 2. The van der Waals surface area contributed by atoms with Gasteiger partial charge in [0.15, 0.2) is 17.9 Å². The molecular weight excluding hydrogens is 453 g/mol. The summed E-state index contributed by atoms with van der Waals surface area (Å²) in [5.41, 5.74) is 0.645. The van der Waals surface area contributed by atoms with Crippen LogP contribution in [0.4, 0.5) is 13.2 Å². The summed E-state index contributed by atoms with van der Waals surface area (Å²) in [5.74, 6) is -0.0595. The van der Waals surface area contributed by atoms with E-state index < -0.39 is 24.4 Å². The second-order valence-corrected chi connectivity index (χ2v) is 7.81. The van der Waals surface area contributed by atoms with Gasteiger partial charge in [-0.2, -0.15) is 13.2 Å². The van der Waals surface area contributed by atoms with E-state index in [-0.39, 0.29) is 11.0 Å². The van der Waals surface area contributed by atoms with Crippen molar-refractivity contribution in [3.8, 4) is 11.5 Å². The largest absolute Gasteiger partial charge is 0.493 e. The molecule has 0 amide bonds. The Morgan fingerprint density at radius 3 is 2.74 bits per heavy atom. The lowest BCUT2D eigenvalue weighted by atomic mass is 10.0. The molecule has 0 fully saturated rings. The molecule has 0 aliphatic rings. The summed E-state index contributed by atoms with van der Waals surface area (Å²) in [7, 11) is 0. The first-order chi connectivity index (χ1) is 16.3. The lowest BCUT2D eigenvalue weighted by molar-refractivity contribution is -0.141. The molecule has 2 aromatic heterocycles. The molecule has 2 heterocycles. The minimum Gasteiger partial charge on any atom is -0.493 e. The number of alkyl halides is 3. The van der Waals surface area contributed by atoms with E-state index in [2.05, 4.69) is 5.16 Å². The molecule has 4 aromatic rings. The molecule has 4 rings (SSSR count). The van der Waals surface area contributed by atoms with Crippen LogP contribution in [-0.4, -0.2) is 34.0 Å². The van der Waals surface area contributed by atoms with Crippen LogP contribution in [0.5, 0.6) is 11.5 Å². The molecule has 0 radical (unpaired) electrons. The van der Waals surface area contributed by atoms with Gasteiger partial charge in [0.1, 0.15) is 11.5 Å². The maximum Gasteiger partial charge on any atom is 0.437 e. The lowest BCUT2D eigenvalue weighted by Crippen LogP contribution is -2.09. The smallest absolute Gasteiger partial charge is 0.437 e. The Bertz CT molecular complexity index is 1310. The number of aryl methyl sites for hydroxylation is 2. The molecule has 0 spiro atoms. The predicted molar refractivity (Wildman–Crippen MR) is 118 cm³/mol. The van der Waals surface area contributed by atoms with Crippen LogP contribution in [-0.2, 0) is 23.9 Å².